The van der Waals surface area contributed by atoms with Gasteiger partial charge in [-0.1, -0.05) is 23.7 Å². The van der Waals surface area contributed by atoms with Crippen molar-refractivity contribution in [2.45, 2.75) is 18.9 Å². The lowest BCUT2D eigenvalue weighted by molar-refractivity contribution is 0.178. The summed E-state index contributed by atoms with van der Waals surface area (Å²) in [5, 5.41) is 10.6. The van der Waals surface area contributed by atoms with Gasteiger partial charge in [0.15, 0.2) is 0 Å². The topological polar surface area (TPSA) is 29.5 Å². The van der Waals surface area contributed by atoms with Gasteiger partial charge in [0.1, 0.15) is 11.6 Å². The van der Waals surface area contributed by atoms with Crippen molar-refractivity contribution in [2.75, 3.05) is 6.61 Å². The third kappa shape index (κ3) is 2.65. The van der Waals surface area contributed by atoms with Gasteiger partial charge in [0.05, 0.1) is 12.7 Å². The first-order valence-electron chi connectivity index (χ1n) is 6.51. The van der Waals surface area contributed by atoms with Crippen LogP contribution < -0.4 is 4.74 Å². The van der Waals surface area contributed by atoms with Crippen LogP contribution in [0.2, 0.25) is 5.02 Å². The van der Waals surface area contributed by atoms with E-state index in [0.717, 1.165) is 28.9 Å². The van der Waals surface area contributed by atoms with Crippen molar-refractivity contribution in [3.8, 4) is 5.75 Å². The zero-order chi connectivity index (χ0) is 14.1. The Bertz CT molecular complexity index is 642. The minimum Gasteiger partial charge on any atom is -0.493 e. The number of aliphatic hydroxyl groups is 1. The highest BCUT2D eigenvalue weighted by atomic mass is 35.5. The maximum absolute atomic E-state index is 13.0. The number of benzene rings is 2. The summed E-state index contributed by atoms with van der Waals surface area (Å²) in [5.41, 5.74) is 2.68. The summed E-state index contributed by atoms with van der Waals surface area (Å²) in [6, 6.07) is 9.92. The lowest BCUT2D eigenvalue weighted by atomic mass is 9.99. The van der Waals surface area contributed by atoms with Crippen LogP contribution in [0.5, 0.6) is 5.75 Å². The summed E-state index contributed by atoms with van der Waals surface area (Å²) in [4.78, 5) is 0. The highest BCUT2D eigenvalue weighted by Crippen LogP contribution is 2.30. The van der Waals surface area contributed by atoms with Crippen LogP contribution >= 0.6 is 11.6 Å². The molecule has 4 heteroatoms. The molecule has 0 spiro atoms. The molecule has 2 nitrogen and oxygen atoms in total. The van der Waals surface area contributed by atoms with Crippen molar-refractivity contribution in [3.05, 3.63) is 63.9 Å². The second kappa shape index (κ2) is 5.43. The molecular weight excluding hydrogens is 279 g/mol. The maximum atomic E-state index is 13.0. The molecule has 0 radical (unpaired) electrons. The van der Waals surface area contributed by atoms with Crippen molar-refractivity contribution in [1.29, 1.82) is 0 Å². The number of aliphatic hydroxyl groups excluding tert-OH is 1. The van der Waals surface area contributed by atoms with Gasteiger partial charge >= 0.3 is 0 Å². The zero-order valence-corrected chi connectivity index (χ0v) is 11.5. The summed E-state index contributed by atoms with van der Waals surface area (Å²) in [7, 11) is 0. The van der Waals surface area contributed by atoms with Crippen LogP contribution in [0.25, 0.3) is 0 Å². The smallest absolute Gasteiger partial charge is 0.124 e. The highest BCUT2D eigenvalue weighted by molar-refractivity contribution is 6.31. The first-order chi connectivity index (χ1) is 9.63. The van der Waals surface area contributed by atoms with Gasteiger partial charge < -0.3 is 9.84 Å². The van der Waals surface area contributed by atoms with E-state index in [9.17, 15) is 9.50 Å². The Morgan fingerprint density at radius 1 is 1.25 bits per heavy atom. The molecule has 1 N–H and O–H groups in total. The number of fused-ring (bicyclic) bond motifs is 1. The lowest BCUT2D eigenvalue weighted by Crippen LogP contribution is -2.03. The molecule has 1 aliphatic rings. The minimum atomic E-state index is -0.663. The van der Waals surface area contributed by atoms with Gasteiger partial charge in [0, 0.05) is 17.9 Å². The van der Waals surface area contributed by atoms with Crippen molar-refractivity contribution in [2.24, 2.45) is 0 Å². The fourth-order valence-electron chi connectivity index (χ4n) is 2.43. The molecule has 104 valence electrons. The average molecular weight is 293 g/mol. The Morgan fingerprint density at radius 2 is 2.10 bits per heavy atom. The van der Waals surface area contributed by atoms with Crippen molar-refractivity contribution in [3.63, 3.8) is 0 Å². The average Bonchev–Trinajstić information content (AvgIpc) is 2.89. The van der Waals surface area contributed by atoms with Gasteiger partial charge in [0.2, 0.25) is 0 Å². The molecule has 1 heterocycles. The van der Waals surface area contributed by atoms with Crippen LogP contribution in [0, 0.1) is 5.82 Å². The molecule has 0 aromatic heterocycles. The zero-order valence-electron chi connectivity index (χ0n) is 10.8. The van der Waals surface area contributed by atoms with Gasteiger partial charge in [0.25, 0.3) is 0 Å². The second-order valence-corrected chi connectivity index (χ2v) is 5.33. The van der Waals surface area contributed by atoms with E-state index in [1.165, 1.54) is 12.1 Å². The van der Waals surface area contributed by atoms with Gasteiger partial charge in [-0.25, -0.2) is 4.39 Å². The molecule has 2 aromatic rings. The molecule has 0 aliphatic carbocycles. The molecule has 20 heavy (non-hydrogen) atoms. The van der Waals surface area contributed by atoms with E-state index < -0.39 is 6.10 Å². The summed E-state index contributed by atoms with van der Waals surface area (Å²) in [5.74, 6) is 0.517. The van der Waals surface area contributed by atoms with Gasteiger partial charge in [-0.05, 0) is 41.0 Å². The predicted octanol–water partition coefficient (Wildman–Crippen LogP) is 3.69. The van der Waals surface area contributed by atoms with Crippen molar-refractivity contribution in [1.82, 2.24) is 0 Å². The summed E-state index contributed by atoms with van der Waals surface area (Å²) in [6.45, 7) is 0.693. The molecule has 2 aromatic carbocycles. The molecule has 3 rings (SSSR count). The van der Waals surface area contributed by atoms with Crippen LogP contribution in [0.3, 0.4) is 0 Å². The van der Waals surface area contributed by atoms with E-state index in [-0.39, 0.29) is 5.82 Å². The molecule has 1 atom stereocenters. The van der Waals surface area contributed by atoms with E-state index in [2.05, 4.69) is 0 Å². The Morgan fingerprint density at radius 3 is 2.90 bits per heavy atom. The first-order valence-corrected chi connectivity index (χ1v) is 6.89. The van der Waals surface area contributed by atoms with Crippen LogP contribution in [0.1, 0.15) is 22.8 Å². The molecule has 0 fully saturated rings. The third-order valence-corrected chi connectivity index (χ3v) is 3.88. The summed E-state index contributed by atoms with van der Waals surface area (Å²) >= 11 is 5.98. The Labute approximate surface area is 121 Å². The van der Waals surface area contributed by atoms with E-state index in [1.807, 2.05) is 18.2 Å². The fraction of sp³-hybridized carbons (Fsp3) is 0.250. The Hall–Kier alpha value is -1.58. The normalized spacial score (nSPS) is 14.8. The van der Waals surface area contributed by atoms with E-state index in [4.69, 9.17) is 16.3 Å². The van der Waals surface area contributed by atoms with Crippen molar-refractivity contribution < 1.29 is 14.2 Å². The number of hydrogen-bond acceptors (Lipinski definition) is 2. The number of halogens is 2. The molecule has 0 saturated heterocycles. The molecule has 0 saturated carbocycles. The first kappa shape index (κ1) is 13.4. The van der Waals surface area contributed by atoms with Crippen molar-refractivity contribution >= 4 is 11.6 Å². The maximum Gasteiger partial charge on any atom is 0.124 e. The molecule has 0 bridgehead atoms. The van der Waals surface area contributed by atoms with Gasteiger partial charge in [-0.3, -0.25) is 0 Å². The standard InChI is InChI=1S/C16H14ClFO2/c17-14-9-13(18)3-1-10(14)8-15(19)11-2-4-16-12(7-11)5-6-20-16/h1-4,7,9,15,19H,5-6,8H2. The van der Waals surface area contributed by atoms with Crippen LogP contribution in [-0.4, -0.2) is 11.7 Å². The highest BCUT2D eigenvalue weighted by Gasteiger charge is 2.16. The Balaban J connectivity index is 1.80. The lowest BCUT2D eigenvalue weighted by Gasteiger charge is -2.13. The second-order valence-electron chi connectivity index (χ2n) is 4.92. The van der Waals surface area contributed by atoms with E-state index in [1.54, 1.807) is 6.07 Å². The van der Waals surface area contributed by atoms with Crippen LogP contribution in [-0.2, 0) is 12.8 Å². The number of ether oxygens (including phenoxy) is 1. The van der Waals surface area contributed by atoms with Crippen LogP contribution in [0.4, 0.5) is 4.39 Å². The number of hydrogen-bond donors (Lipinski definition) is 1. The Kier molecular flexibility index (Phi) is 3.64. The van der Waals surface area contributed by atoms with Gasteiger partial charge in [-0.2, -0.15) is 0 Å². The van der Waals surface area contributed by atoms with Gasteiger partial charge in [-0.15, -0.1) is 0 Å². The van der Waals surface area contributed by atoms with Crippen LogP contribution in [0.15, 0.2) is 36.4 Å². The largest absolute Gasteiger partial charge is 0.493 e. The predicted molar refractivity (Wildman–Crippen MR) is 75.7 cm³/mol. The number of rotatable bonds is 3. The molecule has 0 amide bonds. The SMILES string of the molecule is OC(Cc1ccc(F)cc1Cl)c1ccc2c(c1)CCO2. The third-order valence-electron chi connectivity index (χ3n) is 3.53. The quantitative estimate of drug-likeness (QED) is 0.935. The summed E-state index contributed by atoms with van der Waals surface area (Å²) < 4.78 is 18.4. The molecule has 1 aliphatic heterocycles. The minimum absolute atomic E-state index is 0.341. The van der Waals surface area contributed by atoms with E-state index >= 15 is 0 Å². The fourth-order valence-corrected chi connectivity index (χ4v) is 2.67. The monoisotopic (exact) mass is 292 g/mol. The molecule has 1 unspecified atom stereocenters. The summed E-state index contributed by atoms with van der Waals surface area (Å²) in [6.07, 6.45) is 0.565. The molecular formula is C16H14ClFO2. The van der Waals surface area contributed by atoms with E-state index in [0.29, 0.717) is 18.1 Å².